The summed E-state index contributed by atoms with van der Waals surface area (Å²) in [7, 11) is 0. The molecule has 0 radical (unpaired) electrons. The number of piperidine rings is 1. The van der Waals surface area contributed by atoms with Gasteiger partial charge in [-0.2, -0.15) is 9.50 Å². The lowest BCUT2D eigenvalue weighted by Crippen LogP contribution is -2.34. The van der Waals surface area contributed by atoms with Crippen molar-refractivity contribution < 1.29 is 4.79 Å². The molecule has 4 heterocycles. The Balaban J connectivity index is 1.42. The van der Waals surface area contributed by atoms with E-state index in [0.717, 1.165) is 57.1 Å². The van der Waals surface area contributed by atoms with Gasteiger partial charge in [0.1, 0.15) is 5.69 Å². The Morgan fingerprint density at radius 3 is 2.48 bits per heavy atom. The number of hydrogen-bond donors (Lipinski definition) is 1. The van der Waals surface area contributed by atoms with E-state index in [4.69, 9.17) is 0 Å². The van der Waals surface area contributed by atoms with Gasteiger partial charge in [0, 0.05) is 25.7 Å². The van der Waals surface area contributed by atoms with E-state index in [9.17, 15) is 9.59 Å². The monoisotopic (exact) mass is 418 g/mol. The van der Waals surface area contributed by atoms with E-state index in [0.29, 0.717) is 11.5 Å². The Morgan fingerprint density at radius 2 is 1.72 bits per heavy atom. The third kappa shape index (κ3) is 5.14. The summed E-state index contributed by atoms with van der Waals surface area (Å²) in [5.41, 5.74) is -0.121. The number of aromatic nitrogens is 3. The maximum Gasteiger partial charge on any atom is 0.274 e. The first kappa shape index (κ1) is 20.3. The number of amides is 1. The maximum absolute atomic E-state index is 12.7. The zero-order valence-electron chi connectivity index (χ0n) is 16.9. The average Bonchev–Trinajstić information content (AvgIpc) is 2.96. The van der Waals surface area contributed by atoms with E-state index in [2.05, 4.69) is 25.2 Å². The number of rotatable bonds is 6. The molecule has 29 heavy (non-hydrogen) atoms. The lowest BCUT2D eigenvalue weighted by Gasteiger charge is -2.26. The zero-order valence-corrected chi connectivity index (χ0v) is 17.8. The predicted molar refractivity (Wildman–Crippen MR) is 115 cm³/mol. The molecule has 2 aromatic heterocycles. The molecule has 0 spiro atoms. The van der Waals surface area contributed by atoms with Crippen LogP contribution in [-0.2, 0) is 0 Å². The van der Waals surface area contributed by atoms with Gasteiger partial charge >= 0.3 is 0 Å². The predicted octanol–water partition coefficient (Wildman–Crippen LogP) is 2.14. The molecule has 1 N–H and O–H groups in total. The first-order valence-corrected chi connectivity index (χ1v) is 11.7. The number of anilines is 1. The van der Waals surface area contributed by atoms with Crippen molar-refractivity contribution in [1.82, 2.24) is 24.8 Å². The molecule has 2 aromatic rings. The van der Waals surface area contributed by atoms with E-state index in [1.807, 2.05) is 0 Å². The molecule has 0 atom stereocenters. The number of nitrogens with zero attached hydrogens (tertiary/aromatic N) is 5. The second-order valence-electron chi connectivity index (χ2n) is 7.97. The topological polar surface area (TPSA) is 82.8 Å². The fourth-order valence-corrected chi connectivity index (χ4v) is 5.09. The number of carbonyl (C=O) groups excluding carboxylic acids is 1. The normalized spacial score (nSPS) is 18.7. The highest BCUT2D eigenvalue weighted by atomic mass is 32.1. The van der Waals surface area contributed by atoms with Crippen molar-refractivity contribution in [2.75, 3.05) is 44.2 Å². The van der Waals surface area contributed by atoms with Crippen LogP contribution >= 0.6 is 11.3 Å². The quantitative estimate of drug-likeness (QED) is 0.724. The molecule has 0 aliphatic carbocycles. The Labute approximate surface area is 174 Å². The fourth-order valence-electron chi connectivity index (χ4n) is 4.13. The lowest BCUT2D eigenvalue weighted by molar-refractivity contribution is 0.0943. The van der Waals surface area contributed by atoms with Gasteiger partial charge in [-0.25, -0.2) is 0 Å². The minimum absolute atomic E-state index is 0.258. The van der Waals surface area contributed by atoms with Crippen molar-refractivity contribution in [2.24, 2.45) is 0 Å². The van der Waals surface area contributed by atoms with Crippen LogP contribution in [0.4, 0.5) is 5.13 Å². The Morgan fingerprint density at radius 1 is 1.03 bits per heavy atom. The zero-order chi connectivity index (χ0) is 20.1. The summed E-state index contributed by atoms with van der Waals surface area (Å²) >= 11 is 1.39. The summed E-state index contributed by atoms with van der Waals surface area (Å²) in [6.07, 6.45) is 9.54. The first-order valence-electron chi connectivity index (χ1n) is 10.9. The second-order valence-corrected chi connectivity index (χ2v) is 8.91. The minimum Gasteiger partial charge on any atom is -0.351 e. The molecule has 0 aromatic carbocycles. The Hall–Kier alpha value is -2.00. The highest BCUT2D eigenvalue weighted by Gasteiger charge is 2.19. The molecular weight excluding hydrogens is 388 g/mol. The molecule has 8 nitrogen and oxygen atoms in total. The van der Waals surface area contributed by atoms with Crippen molar-refractivity contribution in [1.29, 1.82) is 0 Å². The largest absolute Gasteiger partial charge is 0.351 e. The molecule has 4 rings (SSSR count). The van der Waals surface area contributed by atoms with Crippen LogP contribution in [-0.4, -0.2) is 64.7 Å². The first-order chi connectivity index (χ1) is 14.2. The molecule has 1 amide bonds. The van der Waals surface area contributed by atoms with Gasteiger partial charge in [0.05, 0.1) is 0 Å². The molecule has 2 aliphatic rings. The highest BCUT2D eigenvalue weighted by molar-refractivity contribution is 7.20. The van der Waals surface area contributed by atoms with Gasteiger partial charge in [-0.1, -0.05) is 30.6 Å². The summed E-state index contributed by atoms with van der Waals surface area (Å²) in [6.45, 7) is 5.84. The van der Waals surface area contributed by atoms with Gasteiger partial charge < -0.3 is 15.1 Å². The molecule has 2 aliphatic heterocycles. The van der Waals surface area contributed by atoms with E-state index < -0.39 is 5.56 Å². The Bertz CT molecular complexity index is 881. The highest BCUT2D eigenvalue weighted by Crippen LogP contribution is 2.25. The van der Waals surface area contributed by atoms with Crippen LogP contribution in [0, 0.1) is 0 Å². The summed E-state index contributed by atoms with van der Waals surface area (Å²) < 4.78 is 1.53. The van der Waals surface area contributed by atoms with Crippen LogP contribution in [0.25, 0.3) is 4.96 Å². The maximum atomic E-state index is 12.7. The van der Waals surface area contributed by atoms with Crippen LogP contribution < -0.4 is 15.8 Å². The molecule has 0 saturated carbocycles. The molecule has 2 saturated heterocycles. The Kier molecular flexibility index (Phi) is 6.76. The molecule has 158 valence electrons. The number of nitrogens with one attached hydrogen (secondary N) is 1. The van der Waals surface area contributed by atoms with Crippen molar-refractivity contribution in [3.05, 3.63) is 22.1 Å². The van der Waals surface area contributed by atoms with E-state index >= 15 is 0 Å². The van der Waals surface area contributed by atoms with Crippen molar-refractivity contribution in [3.63, 3.8) is 0 Å². The van der Waals surface area contributed by atoms with Gasteiger partial charge in [-0.15, -0.1) is 5.10 Å². The number of carbonyl (C=O) groups is 1. The number of hydrogen-bond acceptors (Lipinski definition) is 7. The van der Waals surface area contributed by atoms with Crippen LogP contribution in [0.5, 0.6) is 0 Å². The molecule has 2 fully saturated rings. The summed E-state index contributed by atoms with van der Waals surface area (Å²) in [4.78, 5) is 34.0. The third-order valence-corrected chi connectivity index (χ3v) is 6.71. The number of fused-ring (bicyclic) bond motifs is 1. The van der Waals surface area contributed by atoms with E-state index in [-0.39, 0.29) is 11.6 Å². The van der Waals surface area contributed by atoms with E-state index in [1.54, 1.807) is 0 Å². The van der Waals surface area contributed by atoms with Crippen LogP contribution in [0.3, 0.4) is 0 Å². The fraction of sp³-hybridized carbons (Fsp3) is 0.700. The van der Waals surface area contributed by atoms with Crippen molar-refractivity contribution in [2.45, 2.75) is 51.4 Å². The third-order valence-electron chi connectivity index (χ3n) is 5.74. The SMILES string of the molecule is O=C(NCCCN1CCCCC1)c1cc(=O)nc2sc(N3CCCCCC3)nn12. The van der Waals surface area contributed by atoms with Gasteiger partial charge in [0.25, 0.3) is 11.5 Å². The second kappa shape index (κ2) is 9.67. The summed E-state index contributed by atoms with van der Waals surface area (Å²) in [5, 5.41) is 8.42. The molecular formula is C20H30N6O2S. The summed E-state index contributed by atoms with van der Waals surface area (Å²) in [6, 6.07) is 1.29. The molecule has 0 bridgehead atoms. The van der Waals surface area contributed by atoms with Gasteiger partial charge in [0.2, 0.25) is 10.1 Å². The van der Waals surface area contributed by atoms with E-state index in [1.165, 1.54) is 54.0 Å². The standard InChI is InChI=1S/C20H30N6O2S/c27-17-15-16(18(28)21-9-8-12-24-10-4-3-5-11-24)26-19(22-17)29-20(23-26)25-13-6-1-2-7-14-25/h15H,1-14H2,(H,21,28). The number of likely N-dealkylation sites (tertiary alicyclic amines) is 1. The van der Waals surface area contributed by atoms with Gasteiger partial charge in [0.15, 0.2) is 0 Å². The van der Waals surface area contributed by atoms with Crippen molar-refractivity contribution in [3.8, 4) is 0 Å². The van der Waals surface area contributed by atoms with Crippen LogP contribution in [0.15, 0.2) is 10.9 Å². The summed E-state index contributed by atoms with van der Waals surface area (Å²) in [5.74, 6) is -0.258. The van der Waals surface area contributed by atoms with Gasteiger partial charge in [-0.3, -0.25) is 9.59 Å². The molecule has 9 heteroatoms. The van der Waals surface area contributed by atoms with Crippen LogP contribution in [0.1, 0.15) is 61.9 Å². The van der Waals surface area contributed by atoms with Crippen molar-refractivity contribution >= 4 is 27.3 Å². The average molecular weight is 419 g/mol. The minimum atomic E-state index is -0.394. The van der Waals surface area contributed by atoms with Crippen LogP contribution in [0.2, 0.25) is 0 Å². The lowest BCUT2D eigenvalue weighted by atomic mass is 10.1. The smallest absolute Gasteiger partial charge is 0.274 e. The van der Waals surface area contributed by atoms with Gasteiger partial charge in [-0.05, 0) is 51.7 Å². The molecule has 0 unspecified atom stereocenters.